The predicted octanol–water partition coefficient (Wildman–Crippen LogP) is 3.11. The minimum Gasteiger partial charge on any atom is -0.324 e. The molecule has 0 saturated carbocycles. The Morgan fingerprint density at radius 1 is 1.33 bits per heavy atom. The molecular weight excluding hydrogens is 264 g/mol. The minimum atomic E-state index is -0.174. The molecule has 1 aromatic carbocycles. The molecule has 0 bridgehead atoms. The van der Waals surface area contributed by atoms with Crippen LogP contribution < -0.4 is 11.1 Å². The van der Waals surface area contributed by atoms with Crippen LogP contribution in [0.3, 0.4) is 0 Å². The summed E-state index contributed by atoms with van der Waals surface area (Å²) in [5, 5.41) is 11.5. The lowest BCUT2D eigenvalue weighted by Crippen LogP contribution is -2.38. The summed E-state index contributed by atoms with van der Waals surface area (Å²) in [5.41, 5.74) is 7.55. The van der Waals surface area contributed by atoms with Crippen LogP contribution in [0.4, 0.5) is 10.5 Å². The molecular formula is C16H24N4O. The molecule has 0 radical (unpaired) electrons. The fraction of sp³-hybridized carbons (Fsp3) is 0.500. The van der Waals surface area contributed by atoms with E-state index in [0.29, 0.717) is 25.4 Å². The van der Waals surface area contributed by atoms with E-state index < -0.39 is 0 Å². The second kappa shape index (κ2) is 8.28. The quantitative estimate of drug-likeness (QED) is 0.843. The summed E-state index contributed by atoms with van der Waals surface area (Å²) in [6.07, 6.45) is 0.337. The molecule has 1 rings (SSSR count). The van der Waals surface area contributed by atoms with Gasteiger partial charge in [0.2, 0.25) is 0 Å². The number of nitrogens with one attached hydrogen (secondary N) is 1. The molecule has 5 heteroatoms. The van der Waals surface area contributed by atoms with Crippen LogP contribution in [0.1, 0.15) is 38.8 Å². The standard InChI is InChI=1S/C16H24N4O/c1-12(2)11-20(10-4-9-17)16(21)19-15-7-5-14(6-8-15)13(3)18/h5-8,12-13H,4,10-11,18H2,1-3H3,(H,19,21). The topological polar surface area (TPSA) is 82.2 Å². The van der Waals surface area contributed by atoms with Crippen molar-refractivity contribution in [1.29, 1.82) is 5.26 Å². The number of carbonyl (C=O) groups is 1. The molecule has 0 spiro atoms. The van der Waals surface area contributed by atoms with Gasteiger partial charge in [0.1, 0.15) is 0 Å². The van der Waals surface area contributed by atoms with Crippen molar-refractivity contribution in [2.45, 2.75) is 33.2 Å². The number of urea groups is 1. The van der Waals surface area contributed by atoms with Crippen molar-refractivity contribution in [3.8, 4) is 6.07 Å². The third kappa shape index (κ3) is 5.84. The van der Waals surface area contributed by atoms with Crippen molar-refractivity contribution in [2.75, 3.05) is 18.4 Å². The smallest absolute Gasteiger partial charge is 0.321 e. The second-order valence-electron chi connectivity index (χ2n) is 5.59. The van der Waals surface area contributed by atoms with Crippen molar-refractivity contribution < 1.29 is 4.79 Å². The number of nitrogens with two attached hydrogens (primary N) is 1. The lowest BCUT2D eigenvalue weighted by atomic mass is 10.1. The first-order chi connectivity index (χ1) is 9.93. The Morgan fingerprint density at radius 3 is 2.43 bits per heavy atom. The van der Waals surface area contributed by atoms with Crippen molar-refractivity contribution in [3.63, 3.8) is 0 Å². The molecule has 1 atom stereocenters. The summed E-state index contributed by atoms with van der Waals surface area (Å²) >= 11 is 0. The van der Waals surface area contributed by atoms with Crippen LogP contribution >= 0.6 is 0 Å². The van der Waals surface area contributed by atoms with Crippen LogP contribution in [-0.4, -0.2) is 24.0 Å². The van der Waals surface area contributed by atoms with Crippen LogP contribution in [0.15, 0.2) is 24.3 Å². The Balaban J connectivity index is 2.69. The zero-order valence-corrected chi connectivity index (χ0v) is 13.0. The molecule has 3 N–H and O–H groups in total. The molecule has 0 aliphatic carbocycles. The first-order valence-corrected chi connectivity index (χ1v) is 7.22. The monoisotopic (exact) mass is 288 g/mol. The zero-order valence-electron chi connectivity index (χ0n) is 13.0. The first kappa shape index (κ1) is 17.0. The van der Waals surface area contributed by atoms with E-state index in [1.807, 2.05) is 45.0 Å². The number of hydrogen-bond donors (Lipinski definition) is 2. The van der Waals surface area contributed by atoms with Gasteiger partial charge in [-0.05, 0) is 30.5 Å². The largest absolute Gasteiger partial charge is 0.324 e. The van der Waals surface area contributed by atoms with Crippen LogP contribution in [0.5, 0.6) is 0 Å². The molecule has 1 aromatic rings. The van der Waals surface area contributed by atoms with Crippen molar-refractivity contribution in [1.82, 2.24) is 4.90 Å². The summed E-state index contributed by atoms with van der Waals surface area (Å²) in [6, 6.07) is 9.37. The SMILES string of the molecule is CC(C)CN(CCC#N)C(=O)Nc1ccc(C(C)N)cc1. The molecule has 5 nitrogen and oxygen atoms in total. The molecule has 0 fully saturated rings. The molecule has 21 heavy (non-hydrogen) atoms. The normalized spacial score (nSPS) is 11.8. The number of hydrogen-bond acceptors (Lipinski definition) is 3. The Morgan fingerprint density at radius 2 is 1.95 bits per heavy atom. The number of benzene rings is 1. The molecule has 1 unspecified atom stereocenters. The number of nitriles is 1. The van der Waals surface area contributed by atoms with E-state index in [9.17, 15) is 4.79 Å². The van der Waals surface area contributed by atoms with E-state index >= 15 is 0 Å². The summed E-state index contributed by atoms with van der Waals surface area (Å²) in [6.45, 7) is 7.08. The predicted molar refractivity (Wildman–Crippen MR) is 84.7 cm³/mol. The summed E-state index contributed by atoms with van der Waals surface area (Å²) in [5.74, 6) is 0.356. The third-order valence-corrected chi connectivity index (χ3v) is 3.05. The van der Waals surface area contributed by atoms with Gasteiger partial charge in [-0.2, -0.15) is 5.26 Å². The molecule has 114 valence electrons. The van der Waals surface area contributed by atoms with Crippen LogP contribution in [0.25, 0.3) is 0 Å². The van der Waals surface area contributed by atoms with Crippen molar-refractivity contribution >= 4 is 11.7 Å². The highest BCUT2D eigenvalue weighted by Gasteiger charge is 2.14. The van der Waals surface area contributed by atoms with Gasteiger partial charge in [0.05, 0.1) is 12.5 Å². The average Bonchev–Trinajstić information content (AvgIpc) is 2.43. The van der Waals surface area contributed by atoms with E-state index in [4.69, 9.17) is 11.0 Å². The lowest BCUT2D eigenvalue weighted by Gasteiger charge is -2.24. The van der Waals surface area contributed by atoms with Crippen LogP contribution in [0.2, 0.25) is 0 Å². The van der Waals surface area contributed by atoms with E-state index in [-0.39, 0.29) is 12.1 Å². The minimum absolute atomic E-state index is 0.0252. The van der Waals surface area contributed by atoms with Crippen molar-refractivity contribution in [2.24, 2.45) is 11.7 Å². The molecule has 0 aliphatic heterocycles. The molecule has 0 saturated heterocycles. The van der Waals surface area contributed by atoms with E-state index in [2.05, 4.69) is 11.4 Å². The van der Waals surface area contributed by atoms with Gasteiger partial charge in [-0.25, -0.2) is 4.79 Å². The summed E-state index contributed by atoms with van der Waals surface area (Å²) < 4.78 is 0. The fourth-order valence-electron chi connectivity index (χ4n) is 1.97. The second-order valence-corrected chi connectivity index (χ2v) is 5.59. The maximum atomic E-state index is 12.3. The molecule has 0 heterocycles. The highest BCUT2D eigenvalue weighted by Crippen LogP contribution is 2.15. The van der Waals surface area contributed by atoms with Gasteiger partial charge in [0.25, 0.3) is 0 Å². The van der Waals surface area contributed by atoms with Gasteiger partial charge in [0.15, 0.2) is 0 Å². The van der Waals surface area contributed by atoms with Gasteiger partial charge in [0, 0.05) is 24.8 Å². The maximum Gasteiger partial charge on any atom is 0.321 e. The summed E-state index contributed by atoms with van der Waals surface area (Å²) in [4.78, 5) is 13.9. The highest BCUT2D eigenvalue weighted by atomic mass is 16.2. The number of amides is 2. The highest BCUT2D eigenvalue weighted by molar-refractivity contribution is 5.89. The molecule has 0 aliphatic rings. The number of anilines is 1. The summed E-state index contributed by atoms with van der Waals surface area (Å²) in [7, 11) is 0. The zero-order chi connectivity index (χ0) is 15.8. The first-order valence-electron chi connectivity index (χ1n) is 7.22. The van der Waals surface area contributed by atoms with Gasteiger partial charge >= 0.3 is 6.03 Å². The third-order valence-electron chi connectivity index (χ3n) is 3.05. The number of rotatable bonds is 6. The number of nitrogens with zero attached hydrogens (tertiary/aromatic N) is 2. The number of carbonyl (C=O) groups excluding carboxylic acids is 1. The van der Waals surface area contributed by atoms with Gasteiger partial charge in [-0.3, -0.25) is 0 Å². The van der Waals surface area contributed by atoms with Gasteiger partial charge in [-0.15, -0.1) is 0 Å². The average molecular weight is 288 g/mol. The molecule has 2 amide bonds. The van der Waals surface area contributed by atoms with E-state index in [1.165, 1.54) is 0 Å². The van der Waals surface area contributed by atoms with E-state index in [1.54, 1.807) is 4.90 Å². The molecule has 0 aromatic heterocycles. The van der Waals surface area contributed by atoms with E-state index in [0.717, 1.165) is 11.3 Å². The Kier molecular flexibility index (Phi) is 6.70. The van der Waals surface area contributed by atoms with Crippen LogP contribution in [0, 0.1) is 17.2 Å². The van der Waals surface area contributed by atoms with Gasteiger partial charge < -0.3 is 16.0 Å². The maximum absolute atomic E-state index is 12.3. The Hall–Kier alpha value is -2.06. The lowest BCUT2D eigenvalue weighted by molar-refractivity contribution is 0.206. The van der Waals surface area contributed by atoms with Gasteiger partial charge in [-0.1, -0.05) is 26.0 Å². The van der Waals surface area contributed by atoms with Crippen molar-refractivity contribution in [3.05, 3.63) is 29.8 Å². The fourth-order valence-corrected chi connectivity index (χ4v) is 1.97. The van der Waals surface area contributed by atoms with Crippen LogP contribution in [-0.2, 0) is 0 Å². The Labute approximate surface area is 126 Å². The Bertz CT molecular complexity index is 488.